The maximum absolute atomic E-state index is 11.5. The van der Waals surface area contributed by atoms with E-state index in [0.717, 1.165) is 0 Å². The van der Waals surface area contributed by atoms with E-state index < -0.39 is 11.9 Å². The Hall–Kier alpha value is -1.10. The number of aliphatic carboxylic acids is 1. The Balaban J connectivity index is 2.28. The second-order valence-corrected chi connectivity index (χ2v) is 4.55. The number of amides is 1. The molecule has 5 heteroatoms. The zero-order chi connectivity index (χ0) is 12.3. The molecule has 1 amide bonds. The maximum atomic E-state index is 11.5. The lowest BCUT2D eigenvalue weighted by atomic mass is 10.1. The van der Waals surface area contributed by atoms with E-state index in [0.29, 0.717) is 18.9 Å². The summed E-state index contributed by atoms with van der Waals surface area (Å²) < 4.78 is 5.21. The molecule has 0 heterocycles. The Morgan fingerprint density at radius 2 is 2.06 bits per heavy atom. The van der Waals surface area contributed by atoms with Gasteiger partial charge in [0, 0.05) is 13.7 Å². The van der Waals surface area contributed by atoms with Crippen molar-refractivity contribution >= 4 is 11.9 Å². The number of methoxy groups -OCH3 is 1. The van der Waals surface area contributed by atoms with Gasteiger partial charge in [0.2, 0.25) is 5.91 Å². The number of hydrogen-bond donors (Lipinski definition) is 2. The first-order chi connectivity index (χ1) is 7.47. The first-order valence-electron chi connectivity index (χ1n) is 5.50. The average Bonchev–Trinajstić information content (AvgIpc) is 2.97. The molecule has 16 heavy (non-hydrogen) atoms. The monoisotopic (exact) mass is 229 g/mol. The predicted molar refractivity (Wildman–Crippen MR) is 57.9 cm³/mol. The number of carbonyl (C=O) groups is 2. The van der Waals surface area contributed by atoms with Gasteiger partial charge in [-0.3, -0.25) is 9.59 Å². The van der Waals surface area contributed by atoms with Crippen molar-refractivity contribution in [2.45, 2.75) is 26.4 Å². The first kappa shape index (κ1) is 13.0. The molecule has 0 aliphatic heterocycles. The van der Waals surface area contributed by atoms with Gasteiger partial charge >= 0.3 is 5.97 Å². The number of rotatable bonds is 6. The molecule has 2 N–H and O–H groups in total. The summed E-state index contributed by atoms with van der Waals surface area (Å²) in [5.74, 6) is -1.57. The van der Waals surface area contributed by atoms with Crippen LogP contribution in [-0.2, 0) is 14.3 Å². The molecule has 5 nitrogen and oxygen atoms in total. The van der Waals surface area contributed by atoms with Crippen LogP contribution in [0.2, 0.25) is 0 Å². The molecule has 1 fully saturated rings. The minimum absolute atomic E-state index is 0.0222. The maximum Gasteiger partial charge on any atom is 0.307 e. The number of hydrogen-bond acceptors (Lipinski definition) is 3. The third-order valence-corrected chi connectivity index (χ3v) is 2.97. The molecule has 0 spiro atoms. The molecule has 0 bridgehead atoms. The van der Waals surface area contributed by atoms with E-state index in [4.69, 9.17) is 9.84 Å². The van der Waals surface area contributed by atoms with Gasteiger partial charge in [0.05, 0.1) is 17.9 Å². The van der Waals surface area contributed by atoms with Crippen LogP contribution < -0.4 is 5.32 Å². The van der Waals surface area contributed by atoms with Crippen LogP contribution in [0.4, 0.5) is 0 Å². The lowest BCUT2D eigenvalue weighted by Crippen LogP contribution is -2.37. The highest BCUT2D eigenvalue weighted by Crippen LogP contribution is 2.38. The summed E-state index contributed by atoms with van der Waals surface area (Å²) in [6, 6.07) is 0. The Morgan fingerprint density at radius 1 is 1.44 bits per heavy atom. The van der Waals surface area contributed by atoms with E-state index in [2.05, 4.69) is 5.32 Å². The number of nitrogens with one attached hydrogen (secondary N) is 1. The SMILES string of the molecule is COC(CNC(=O)C1CC1C(=O)O)C(C)C. The largest absolute Gasteiger partial charge is 0.481 e. The van der Waals surface area contributed by atoms with Gasteiger partial charge in [0.1, 0.15) is 0 Å². The van der Waals surface area contributed by atoms with Gasteiger partial charge in [-0.25, -0.2) is 0 Å². The smallest absolute Gasteiger partial charge is 0.307 e. The quantitative estimate of drug-likeness (QED) is 0.695. The van der Waals surface area contributed by atoms with Crippen LogP contribution in [-0.4, -0.2) is 36.7 Å². The fourth-order valence-corrected chi connectivity index (χ4v) is 1.68. The van der Waals surface area contributed by atoms with Crippen molar-refractivity contribution in [1.82, 2.24) is 5.32 Å². The number of carboxylic acid groups (broad SMARTS) is 1. The molecule has 0 saturated heterocycles. The third-order valence-electron chi connectivity index (χ3n) is 2.97. The molecule has 3 unspecified atom stereocenters. The van der Waals surface area contributed by atoms with Crippen molar-refractivity contribution in [1.29, 1.82) is 0 Å². The fourth-order valence-electron chi connectivity index (χ4n) is 1.68. The molecule has 1 aliphatic rings. The van der Waals surface area contributed by atoms with Crippen molar-refractivity contribution in [2.75, 3.05) is 13.7 Å². The standard InChI is InChI=1S/C11H19NO4/c1-6(2)9(16-3)5-12-10(13)7-4-8(7)11(14)15/h6-9H,4-5H2,1-3H3,(H,12,13)(H,14,15). The summed E-state index contributed by atoms with van der Waals surface area (Å²) in [5.41, 5.74) is 0. The van der Waals surface area contributed by atoms with Crippen LogP contribution in [0.1, 0.15) is 20.3 Å². The van der Waals surface area contributed by atoms with E-state index >= 15 is 0 Å². The molecule has 1 saturated carbocycles. The molecule has 3 atom stereocenters. The van der Waals surface area contributed by atoms with Crippen LogP contribution in [0, 0.1) is 17.8 Å². The van der Waals surface area contributed by atoms with E-state index in [1.807, 2.05) is 13.8 Å². The van der Waals surface area contributed by atoms with E-state index in [1.54, 1.807) is 7.11 Å². The zero-order valence-corrected chi connectivity index (χ0v) is 9.90. The van der Waals surface area contributed by atoms with Gasteiger partial charge in [-0.1, -0.05) is 13.8 Å². The highest BCUT2D eigenvalue weighted by molar-refractivity contribution is 5.89. The topological polar surface area (TPSA) is 75.6 Å². The summed E-state index contributed by atoms with van der Waals surface area (Å²) in [6.07, 6.45) is 0.437. The van der Waals surface area contributed by atoms with E-state index in [9.17, 15) is 9.59 Å². The molecule has 0 aromatic rings. The lowest BCUT2D eigenvalue weighted by molar-refractivity contribution is -0.140. The van der Waals surface area contributed by atoms with E-state index in [1.165, 1.54) is 0 Å². The number of ether oxygens (including phenoxy) is 1. The van der Waals surface area contributed by atoms with Crippen LogP contribution in [0.5, 0.6) is 0 Å². The molecule has 1 aliphatic carbocycles. The molecular weight excluding hydrogens is 210 g/mol. The van der Waals surface area contributed by atoms with Gasteiger partial charge in [0.15, 0.2) is 0 Å². The van der Waals surface area contributed by atoms with Crippen molar-refractivity contribution in [2.24, 2.45) is 17.8 Å². The minimum Gasteiger partial charge on any atom is -0.481 e. The van der Waals surface area contributed by atoms with Crippen LogP contribution in [0.15, 0.2) is 0 Å². The number of carboxylic acids is 1. The first-order valence-corrected chi connectivity index (χ1v) is 5.50. The van der Waals surface area contributed by atoms with Gasteiger partial charge < -0.3 is 15.2 Å². The van der Waals surface area contributed by atoms with Crippen molar-refractivity contribution < 1.29 is 19.4 Å². The van der Waals surface area contributed by atoms with Crippen molar-refractivity contribution in [3.8, 4) is 0 Å². The summed E-state index contributed by atoms with van der Waals surface area (Å²) in [5, 5.41) is 11.4. The second-order valence-electron chi connectivity index (χ2n) is 4.55. The molecule has 1 rings (SSSR count). The van der Waals surface area contributed by atoms with Gasteiger partial charge in [0.25, 0.3) is 0 Å². The summed E-state index contributed by atoms with van der Waals surface area (Å²) in [6.45, 7) is 4.46. The Labute approximate surface area is 95.2 Å². The van der Waals surface area contributed by atoms with Crippen molar-refractivity contribution in [3.63, 3.8) is 0 Å². The van der Waals surface area contributed by atoms with Crippen LogP contribution >= 0.6 is 0 Å². The van der Waals surface area contributed by atoms with Crippen molar-refractivity contribution in [3.05, 3.63) is 0 Å². The predicted octanol–water partition coefficient (Wildman–Crippen LogP) is 0.494. The second kappa shape index (κ2) is 5.30. The average molecular weight is 229 g/mol. The van der Waals surface area contributed by atoms with Gasteiger partial charge in [-0.2, -0.15) is 0 Å². The zero-order valence-electron chi connectivity index (χ0n) is 9.90. The van der Waals surface area contributed by atoms with Gasteiger partial charge in [-0.05, 0) is 12.3 Å². The molecular formula is C11H19NO4. The highest BCUT2D eigenvalue weighted by Gasteiger charge is 2.48. The summed E-state index contributed by atoms with van der Waals surface area (Å²) >= 11 is 0. The molecule has 0 radical (unpaired) electrons. The lowest BCUT2D eigenvalue weighted by Gasteiger charge is -2.19. The highest BCUT2D eigenvalue weighted by atomic mass is 16.5. The normalized spacial score (nSPS) is 25.2. The Morgan fingerprint density at radius 3 is 2.44 bits per heavy atom. The molecule has 0 aromatic heterocycles. The molecule has 0 aromatic carbocycles. The molecule has 92 valence electrons. The van der Waals surface area contributed by atoms with Crippen LogP contribution in [0.3, 0.4) is 0 Å². The fraction of sp³-hybridized carbons (Fsp3) is 0.818. The van der Waals surface area contributed by atoms with Gasteiger partial charge in [-0.15, -0.1) is 0 Å². The minimum atomic E-state index is -0.882. The summed E-state index contributed by atoms with van der Waals surface area (Å²) in [4.78, 5) is 22.1. The number of carbonyl (C=O) groups excluding carboxylic acids is 1. The third kappa shape index (κ3) is 3.20. The Kier molecular flexibility index (Phi) is 4.29. The Bertz CT molecular complexity index is 277. The van der Waals surface area contributed by atoms with E-state index in [-0.39, 0.29) is 17.9 Å². The van der Waals surface area contributed by atoms with Crippen LogP contribution in [0.25, 0.3) is 0 Å². The summed E-state index contributed by atoms with van der Waals surface area (Å²) in [7, 11) is 1.61.